The molecule has 270 valence electrons. The third kappa shape index (κ3) is 4.87. The van der Waals surface area contributed by atoms with Crippen molar-refractivity contribution in [2.75, 3.05) is 10.3 Å². The Morgan fingerprint density at radius 2 is 1.56 bits per heavy atom. The molecule has 5 aromatic carbocycles. The molecule has 8 nitrogen and oxygen atoms in total. The number of aryl methyl sites for hydroxylation is 1. The maximum absolute atomic E-state index is 15.5. The van der Waals surface area contributed by atoms with Gasteiger partial charge in [0.05, 0.1) is 34.5 Å². The molecule has 5 aromatic rings. The summed E-state index contributed by atoms with van der Waals surface area (Å²) in [6.45, 7) is 2.03. The largest absolute Gasteiger partial charge is 0.508 e. The molecule has 2 heterocycles. The topological polar surface area (TPSA) is 107 Å². The first-order chi connectivity index (χ1) is 26.1. The monoisotopic (exact) mass is 739 g/mol. The molecule has 4 amide bonds. The Kier molecular flexibility index (Phi) is 7.97. The molecule has 0 radical (unpaired) electrons. The lowest BCUT2D eigenvalue weighted by Crippen LogP contribution is -2.53. The van der Waals surface area contributed by atoms with Crippen LogP contribution in [-0.2, 0) is 31.0 Å². The van der Waals surface area contributed by atoms with Gasteiger partial charge >= 0.3 is 0 Å². The number of carbonyl (C=O) groups is 4. The fourth-order valence-electron chi connectivity index (χ4n) is 9.69. The van der Waals surface area contributed by atoms with E-state index in [-0.39, 0.29) is 30.4 Å². The second kappa shape index (κ2) is 12.7. The summed E-state index contributed by atoms with van der Waals surface area (Å²) in [6, 6.07) is 30.5. The van der Waals surface area contributed by atoms with Crippen molar-refractivity contribution < 1.29 is 28.7 Å². The van der Waals surface area contributed by atoms with Crippen LogP contribution in [0.3, 0.4) is 0 Å². The third-order valence-electron chi connectivity index (χ3n) is 12.1. The van der Waals surface area contributed by atoms with Crippen LogP contribution in [0.2, 0.25) is 5.02 Å². The lowest BCUT2D eigenvalue weighted by Gasteiger charge is -2.51. The van der Waals surface area contributed by atoms with Gasteiger partial charge in [-0.15, -0.1) is 0 Å². The second-order valence-electron chi connectivity index (χ2n) is 14.6. The molecule has 2 N–H and O–H groups in total. The van der Waals surface area contributed by atoms with Gasteiger partial charge in [-0.2, -0.15) is 5.01 Å². The smallest absolute Gasteiger partial charge is 0.260 e. The number of hydrazine groups is 1. The van der Waals surface area contributed by atoms with Gasteiger partial charge in [0.15, 0.2) is 0 Å². The highest BCUT2D eigenvalue weighted by Gasteiger charge is 2.71. The highest BCUT2D eigenvalue weighted by molar-refractivity contribution is 6.30. The summed E-state index contributed by atoms with van der Waals surface area (Å²) in [7, 11) is 0. The fourth-order valence-corrected chi connectivity index (χ4v) is 9.82. The van der Waals surface area contributed by atoms with Gasteiger partial charge in [0.1, 0.15) is 11.6 Å². The van der Waals surface area contributed by atoms with E-state index in [2.05, 4.69) is 5.43 Å². The number of amides is 4. The summed E-state index contributed by atoms with van der Waals surface area (Å²) >= 11 is 6.41. The molecule has 2 aliphatic heterocycles. The van der Waals surface area contributed by atoms with Crippen LogP contribution in [-0.4, -0.2) is 33.7 Å². The number of anilines is 2. The molecule has 6 unspecified atom stereocenters. The maximum Gasteiger partial charge on any atom is 0.260 e. The SMILES string of the molecule is CCc1ccc(N2C(=O)C3CC=C4C(CC5C(=O)N(Nc6ccc(F)cc6)C(=O)C5(c5ccc(Cl)cc5)C4c4c(O)ccc5ccccc45)C3C2=O)cc1. The first-order valence-electron chi connectivity index (χ1n) is 18.2. The standard InChI is InChI=1S/C44H35ClFN3O5/c1-2-24-7-18-30(19-8-24)48-40(51)33-21-20-32-34(37(33)42(48)53)23-35-41(52)49(47-29-16-14-28(46)15-17-29)43(54)44(35,26-10-12-27(45)13-11-26)39(32)38-31-6-4-3-5-25(31)9-22-36(38)50/h3-20,22,33-35,37,39,47,50H,2,21,23H2,1H3. The van der Waals surface area contributed by atoms with E-state index in [4.69, 9.17) is 11.6 Å². The van der Waals surface area contributed by atoms with Crippen molar-refractivity contribution in [1.29, 1.82) is 0 Å². The van der Waals surface area contributed by atoms with E-state index in [9.17, 15) is 23.9 Å². The highest BCUT2D eigenvalue weighted by atomic mass is 35.5. The van der Waals surface area contributed by atoms with Crippen LogP contribution in [0.5, 0.6) is 5.75 Å². The maximum atomic E-state index is 15.5. The lowest BCUT2D eigenvalue weighted by atomic mass is 9.48. The van der Waals surface area contributed by atoms with Crippen molar-refractivity contribution in [2.24, 2.45) is 23.7 Å². The highest BCUT2D eigenvalue weighted by Crippen LogP contribution is 2.65. The molecule has 9 rings (SSSR count). The van der Waals surface area contributed by atoms with Gasteiger partial charge in [-0.05, 0) is 102 Å². The number of nitrogens with one attached hydrogen (secondary N) is 1. The summed E-state index contributed by atoms with van der Waals surface area (Å²) in [4.78, 5) is 60.5. The summed E-state index contributed by atoms with van der Waals surface area (Å²) < 4.78 is 13.9. The van der Waals surface area contributed by atoms with Gasteiger partial charge in [0.25, 0.3) is 11.8 Å². The summed E-state index contributed by atoms with van der Waals surface area (Å²) in [5, 5.41) is 14.9. The lowest BCUT2D eigenvalue weighted by molar-refractivity contribution is -0.138. The quantitative estimate of drug-likeness (QED) is 0.135. The van der Waals surface area contributed by atoms with Crippen molar-refractivity contribution in [1.82, 2.24) is 5.01 Å². The zero-order valence-corrected chi connectivity index (χ0v) is 30.0. The number of imide groups is 2. The molecule has 54 heavy (non-hydrogen) atoms. The number of hydrogen-bond acceptors (Lipinski definition) is 6. The summed E-state index contributed by atoms with van der Waals surface area (Å²) in [6.07, 6.45) is 3.11. The van der Waals surface area contributed by atoms with Gasteiger partial charge in [-0.3, -0.25) is 29.5 Å². The molecule has 10 heteroatoms. The van der Waals surface area contributed by atoms with E-state index < -0.39 is 52.6 Å². The van der Waals surface area contributed by atoms with Crippen molar-refractivity contribution in [2.45, 2.75) is 37.5 Å². The molecule has 0 bridgehead atoms. The molecule has 0 spiro atoms. The zero-order chi connectivity index (χ0) is 37.5. The first kappa shape index (κ1) is 34.0. The van der Waals surface area contributed by atoms with Crippen molar-refractivity contribution >= 4 is 57.4 Å². The molecule has 0 aromatic heterocycles. The van der Waals surface area contributed by atoms with Crippen LogP contribution in [0.15, 0.2) is 121 Å². The van der Waals surface area contributed by atoms with E-state index in [1.807, 2.05) is 49.4 Å². The molecule has 1 saturated carbocycles. The molecule has 6 atom stereocenters. The van der Waals surface area contributed by atoms with Crippen LogP contribution in [0.25, 0.3) is 10.8 Å². The predicted molar refractivity (Wildman–Crippen MR) is 203 cm³/mol. The molecule has 3 fully saturated rings. The van der Waals surface area contributed by atoms with Gasteiger partial charge in [-0.25, -0.2) is 4.39 Å². The Bertz CT molecular complexity index is 2410. The van der Waals surface area contributed by atoms with Crippen molar-refractivity contribution in [3.63, 3.8) is 0 Å². The minimum absolute atomic E-state index is 0.0638. The zero-order valence-electron chi connectivity index (χ0n) is 29.2. The van der Waals surface area contributed by atoms with Gasteiger partial charge in [0.2, 0.25) is 11.8 Å². The number of aromatic hydroxyl groups is 1. The van der Waals surface area contributed by atoms with Gasteiger partial charge in [-0.1, -0.05) is 84.8 Å². The number of fused-ring (bicyclic) bond motifs is 5. The molecule has 4 aliphatic rings. The van der Waals surface area contributed by atoms with E-state index >= 15 is 4.79 Å². The number of rotatable bonds is 6. The Balaban J connectivity index is 1.27. The molecule has 2 aliphatic carbocycles. The van der Waals surface area contributed by atoms with Crippen LogP contribution in [0.4, 0.5) is 15.8 Å². The molecular weight excluding hydrogens is 705 g/mol. The van der Waals surface area contributed by atoms with E-state index in [0.717, 1.165) is 28.0 Å². The Hall–Kier alpha value is -5.80. The minimum Gasteiger partial charge on any atom is -0.508 e. The van der Waals surface area contributed by atoms with E-state index in [1.165, 1.54) is 29.2 Å². The number of halogens is 2. The Labute approximate surface area is 315 Å². The first-order valence-corrected chi connectivity index (χ1v) is 18.5. The number of nitrogens with zero attached hydrogens (tertiary/aromatic N) is 2. The number of carbonyl (C=O) groups excluding carboxylic acids is 4. The van der Waals surface area contributed by atoms with Crippen LogP contribution < -0.4 is 10.3 Å². The summed E-state index contributed by atoms with van der Waals surface area (Å²) in [5.41, 5.74) is 4.94. The van der Waals surface area contributed by atoms with Crippen LogP contribution in [0, 0.1) is 29.5 Å². The average molecular weight is 740 g/mol. The predicted octanol–water partition coefficient (Wildman–Crippen LogP) is 8.09. The third-order valence-corrected chi connectivity index (χ3v) is 12.3. The Morgan fingerprint density at radius 1 is 0.833 bits per heavy atom. The molecular formula is C44H35ClFN3O5. The number of hydrogen-bond donors (Lipinski definition) is 2. The Morgan fingerprint density at radius 3 is 2.28 bits per heavy atom. The molecule has 2 saturated heterocycles. The van der Waals surface area contributed by atoms with Crippen molar-refractivity contribution in [3.05, 3.63) is 148 Å². The van der Waals surface area contributed by atoms with Crippen molar-refractivity contribution in [3.8, 4) is 5.75 Å². The number of phenolic OH excluding ortho intramolecular Hbond substituents is 1. The van der Waals surface area contributed by atoms with E-state index in [0.29, 0.717) is 32.9 Å². The normalized spacial score (nSPS) is 26.1. The second-order valence-corrected chi connectivity index (χ2v) is 15.1. The average Bonchev–Trinajstić information content (AvgIpc) is 3.57. The van der Waals surface area contributed by atoms with Gasteiger partial charge in [0, 0.05) is 16.5 Å². The number of allylic oxidation sites excluding steroid dienone is 2. The van der Waals surface area contributed by atoms with Crippen LogP contribution >= 0.6 is 11.6 Å². The summed E-state index contributed by atoms with van der Waals surface area (Å²) in [5.74, 6) is -6.33. The van der Waals surface area contributed by atoms with Gasteiger partial charge < -0.3 is 5.11 Å². The fraction of sp³-hybridized carbons (Fsp3) is 0.227. The van der Waals surface area contributed by atoms with E-state index in [1.54, 1.807) is 48.5 Å². The van der Waals surface area contributed by atoms with Crippen LogP contribution in [0.1, 0.15) is 42.4 Å². The number of benzene rings is 5. The number of phenols is 1. The minimum atomic E-state index is -1.62.